The number of ether oxygens (including phenoxy) is 1. The summed E-state index contributed by atoms with van der Waals surface area (Å²) in [6.07, 6.45) is 1.87. The lowest BCUT2D eigenvalue weighted by molar-refractivity contribution is 0.140. The Bertz CT molecular complexity index is 136. The van der Waals surface area contributed by atoms with Gasteiger partial charge in [-0.2, -0.15) is 0 Å². The number of hydrogen-bond acceptors (Lipinski definition) is 2. The lowest BCUT2D eigenvalue weighted by Gasteiger charge is -2.09. The van der Waals surface area contributed by atoms with E-state index in [0.29, 0.717) is 0 Å². The van der Waals surface area contributed by atoms with Crippen molar-refractivity contribution in [3.8, 4) is 0 Å². The second kappa shape index (κ2) is 2.90. The van der Waals surface area contributed by atoms with Crippen molar-refractivity contribution in [1.82, 2.24) is 5.32 Å². The number of cyclic esters (lactones) is 1. The Kier molecular flexibility index (Phi) is 2.14. The van der Waals surface area contributed by atoms with Crippen molar-refractivity contribution >= 4 is 6.09 Å². The van der Waals surface area contributed by atoms with Crippen LogP contribution in [0.15, 0.2) is 0 Å². The molecule has 0 radical (unpaired) electrons. The van der Waals surface area contributed by atoms with E-state index in [1.54, 1.807) is 0 Å². The molecule has 0 aliphatic carbocycles. The van der Waals surface area contributed by atoms with Gasteiger partial charge >= 0.3 is 6.09 Å². The average Bonchev–Trinajstić information content (AvgIpc) is 2.13. The number of carbonyl (C=O) groups is 1. The molecule has 1 saturated heterocycles. The van der Waals surface area contributed by atoms with Gasteiger partial charge in [-0.25, -0.2) is 4.79 Å². The first-order chi connectivity index (χ1) is 4.74. The minimum atomic E-state index is -0.272. The van der Waals surface area contributed by atoms with Crippen LogP contribution in [0.2, 0.25) is 0 Å². The summed E-state index contributed by atoms with van der Waals surface area (Å²) in [5.74, 6) is 0. The zero-order valence-electron chi connectivity index (χ0n) is 6.39. The number of rotatable bonds is 2. The SMILES string of the molecule is CCC[C@H]1NC(=O)O[C@H]1C. The molecule has 1 rings (SSSR count). The largest absolute Gasteiger partial charge is 0.444 e. The molecule has 0 aromatic rings. The Morgan fingerprint density at radius 1 is 1.70 bits per heavy atom. The fraction of sp³-hybridized carbons (Fsp3) is 0.857. The maximum atomic E-state index is 10.6. The second-order valence-electron chi connectivity index (χ2n) is 2.65. The van der Waals surface area contributed by atoms with Gasteiger partial charge in [-0.15, -0.1) is 0 Å². The van der Waals surface area contributed by atoms with E-state index in [1.807, 2.05) is 6.92 Å². The summed E-state index contributed by atoms with van der Waals surface area (Å²) in [6.45, 7) is 4.01. The van der Waals surface area contributed by atoms with Crippen LogP contribution in [0, 0.1) is 0 Å². The Morgan fingerprint density at radius 3 is 2.80 bits per heavy atom. The molecule has 1 aliphatic rings. The average molecular weight is 143 g/mol. The normalized spacial score (nSPS) is 31.6. The van der Waals surface area contributed by atoms with Crippen LogP contribution in [0.1, 0.15) is 26.7 Å². The maximum Gasteiger partial charge on any atom is 0.407 e. The molecular formula is C7H13NO2. The Morgan fingerprint density at radius 2 is 2.40 bits per heavy atom. The van der Waals surface area contributed by atoms with Gasteiger partial charge in [-0.1, -0.05) is 13.3 Å². The first-order valence-corrected chi connectivity index (χ1v) is 3.71. The second-order valence-corrected chi connectivity index (χ2v) is 2.65. The molecule has 1 heterocycles. The molecule has 3 heteroatoms. The molecule has 0 spiro atoms. The van der Waals surface area contributed by atoms with Gasteiger partial charge in [0.15, 0.2) is 0 Å². The van der Waals surface area contributed by atoms with E-state index in [2.05, 4.69) is 12.2 Å². The topological polar surface area (TPSA) is 38.3 Å². The van der Waals surface area contributed by atoms with Crippen molar-refractivity contribution < 1.29 is 9.53 Å². The first-order valence-electron chi connectivity index (χ1n) is 3.71. The molecule has 1 amide bonds. The molecule has 10 heavy (non-hydrogen) atoms. The predicted octanol–water partition coefficient (Wildman–Crippen LogP) is 1.28. The molecular weight excluding hydrogens is 130 g/mol. The third-order valence-electron chi connectivity index (χ3n) is 1.76. The minimum absolute atomic E-state index is 0.0486. The van der Waals surface area contributed by atoms with Crippen molar-refractivity contribution in [3.63, 3.8) is 0 Å². The highest BCUT2D eigenvalue weighted by molar-refractivity contribution is 5.70. The van der Waals surface area contributed by atoms with Gasteiger partial charge in [-0.3, -0.25) is 0 Å². The number of alkyl carbamates (subject to hydrolysis) is 1. The van der Waals surface area contributed by atoms with Crippen LogP contribution in [0.5, 0.6) is 0 Å². The van der Waals surface area contributed by atoms with Crippen LogP contribution in [0.4, 0.5) is 4.79 Å². The van der Waals surface area contributed by atoms with Crippen LogP contribution < -0.4 is 5.32 Å². The molecule has 1 aliphatic heterocycles. The van der Waals surface area contributed by atoms with E-state index in [9.17, 15) is 4.79 Å². The summed E-state index contributed by atoms with van der Waals surface area (Å²) in [5.41, 5.74) is 0. The summed E-state index contributed by atoms with van der Waals surface area (Å²) in [4.78, 5) is 10.6. The third-order valence-corrected chi connectivity index (χ3v) is 1.76. The molecule has 1 fully saturated rings. The van der Waals surface area contributed by atoms with Crippen molar-refractivity contribution in [2.45, 2.75) is 38.8 Å². The van der Waals surface area contributed by atoms with E-state index < -0.39 is 0 Å². The highest BCUT2D eigenvalue weighted by Gasteiger charge is 2.28. The summed E-state index contributed by atoms with van der Waals surface area (Å²) in [7, 11) is 0. The predicted molar refractivity (Wildman–Crippen MR) is 37.8 cm³/mol. The van der Waals surface area contributed by atoms with Crippen LogP contribution in [0.3, 0.4) is 0 Å². The minimum Gasteiger partial charge on any atom is -0.444 e. The number of amides is 1. The zero-order valence-corrected chi connectivity index (χ0v) is 6.39. The molecule has 0 saturated carbocycles. The molecule has 0 unspecified atom stereocenters. The van der Waals surface area contributed by atoms with Crippen molar-refractivity contribution in [2.75, 3.05) is 0 Å². The molecule has 0 aromatic carbocycles. The quantitative estimate of drug-likeness (QED) is 0.632. The summed E-state index contributed by atoms with van der Waals surface area (Å²) in [6, 6.07) is 0.234. The number of nitrogens with one attached hydrogen (secondary N) is 1. The van der Waals surface area contributed by atoms with E-state index in [4.69, 9.17) is 4.74 Å². The van der Waals surface area contributed by atoms with Gasteiger partial charge in [0.2, 0.25) is 0 Å². The van der Waals surface area contributed by atoms with Crippen LogP contribution >= 0.6 is 0 Å². The number of hydrogen-bond donors (Lipinski definition) is 1. The molecule has 58 valence electrons. The van der Waals surface area contributed by atoms with Crippen LogP contribution in [-0.4, -0.2) is 18.2 Å². The summed E-state index contributed by atoms with van der Waals surface area (Å²) < 4.78 is 4.88. The van der Waals surface area contributed by atoms with Gasteiger partial charge < -0.3 is 10.1 Å². The zero-order chi connectivity index (χ0) is 7.56. The van der Waals surface area contributed by atoms with Gasteiger partial charge in [0.05, 0.1) is 6.04 Å². The highest BCUT2D eigenvalue weighted by atomic mass is 16.6. The molecule has 2 atom stereocenters. The Hall–Kier alpha value is -0.730. The van der Waals surface area contributed by atoms with Gasteiger partial charge in [0, 0.05) is 0 Å². The fourth-order valence-corrected chi connectivity index (χ4v) is 1.17. The smallest absolute Gasteiger partial charge is 0.407 e. The Labute approximate surface area is 60.7 Å². The lowest BCUT2D eigenvalue weighted by atomic mass is 10.1. The monoisotopic (exact) mass is 143 g/mol. The fourth-order valence-electron chi connectivity index (χ4n) is 1.17. The van der Waals surface area contributed by atoms with E-state index in [0.717, 1.165) is 12.8 Å². The van der Waals surface area contributed by atoms with Crippen molar-refractivity contribution in [3.05, 3.63) is 0 Å². The third kappa shape index (κ3) is 1.40. The standard InChI is InChI=1S/C7H13NO2/c1-3-4-6-5(2)10-7(9)8-6/h5-6H,3-4H2,1-2H3,(H,8,9)/t5-,6+/m0/s1. The van der Waals surface area contributed by atoms with Gasteiger partial charge in [0.25, 0.3) is 0 Å². The summed E-state index contributed by atoms with van der Waals surface area (Å²) >= 11 is 0. The van der Waals surface area contributed by atoms with E-state index >= 15 is 0 Å². The molecule has 1 N–H and O–H groups in total. The summed E-state index contributed by atoms with van der Waals surface area (Å²) in [5, 5.41) is 2.74. The molecule has 0 aromatic heterocycles. The van der Waals surface area contributed by atoms with E-state index in [1.165, 1.54) is 0 Å². The first kappa shape index (κ1) is 7.38. The molecule has 0 bridgehead atoms. The van der Waals surface area contributed by atoms with E-state index in [-0.39, 0.29) is 18.2 Å². The van der Waals surface area contributed by atoms with Gasteiger partial charge in [-0.05, 0) is 13.3 Å². The van der Waals surface area contributed by atoms with Crippen LogP contribution in [-0.2, 0) is 4.74 Å². The van der Waals surface area contributed by atoms with Crippen molar-refractivity contribution in [1.29, 1.82) is 0 Å². The Balaban J connectivity index is 2.38. The van der Waals surface area contributed by atoms with Crippen molar-refractivity contribution in [2.24, 2.45) is 0 Å². The maximum absolute atomic E-state index is 10.6. The van der Waals surface area contributed by atoms with Gasteiger partial charge in [0.1, 0.15) is 6.10 Å². The van der Waals surface area contributed by atoms with Crippen LogP contribution in [0.25, 0.3) is 0 Å². The highest BCUT2D eigenvalue weighted by Crippen LogP contribution is 2.12. The number of carbonyl (C=O) groups excluding carboxylic acids is 1. The molecule has 3 nitrogen and oxygen atoms in total. The lowest BCUT2D eigenvalue weighted by Crippen LogP contribution is -2.29.